The largest absolute Gasteiger partial charge is 0.380 e. The predicted octanol–water partition coefficient (Wildman–Crippen LogP) is 3.71. The van der Waals surface area contributed by atoms with Crippen LogP contribution in [0, 0.1) is 0 Å². The number of thioether (sulfide) groups is 1. The highest BCUT2D eigenvalue weighted by molar-refractivity contribution is 7.99. The van der Waals surface area contributed by atoms with Gasteiger partial charge in [-0.2, -0.15) is 11.8 Å². The molecule has 0 aliphatic carbocycles. The van der Waals surface area contributed by atoms with Gasteiger partial charge in [0.25, 0.3) is 0 Å². The molecule has 0 bridgehead atoms. The molecule has 4 heteroatoms. The SMILES string of the molecule is Clc1sccc1NC1CCSCC1. The Hall–Kier alpha value is 0.140. The van der Waals surface area contributed by atoms with Crippen molar-refractivity contribution in [3.8, 4) is 0 Å². The summed E-state index contributed by atoms with van der Waals surface area (Å²) in [6.07, 6.45) is 2.52. The molecule has 1 nitrogen and oxygen atoms in total. The predicted molar refractivity (Wildman–Crippen MR) is 63.3 cm³/mol. The van der Waals surface area contributed by atoms with Crippen LogP contribution in [0.15, 0.2) is 11.4 Å². The molecule has 1 aliphatic heterocycles. The van der Waals surface area contributed by atoms with Gasteiger partial charge in [0.15, 0.2) is 0 Å². The van der Waals surface area contributed by atoms with Crippen LogP contribution >= 0.6 is 34.7 Å². The van der Waals surface area contributed by atoms with Crippen LogP contribution < -0.4 is 5.32 Å². The van der Waals surface area contributed by atoms with Gasteiger partial charge in [0.1, 0.15) is 4.34 Å². The molecule has 0 atom stereocenters. The van der Waals surface area contributed by atoms with E-state index in [1.165, 1.54) is 24.3 Å². The van der Waals surface area contributed by atoms with Gasteiger partial charge in [0.2, 0.25) is 0 Å². The second-order valence-corrected chi connectivity index (χ2v) is 5.88. The van der Waals surface area contributed by atoms with E-state index in [0.29, 0.717) is 6.04 Å². The van der Waals surface area contributed by atoms with E-state index in [1.54, 1.807) is 11.3 Å². The first-order chi connectivity index (χ1) is 6.36. The fourth-order valence-corrected chi connectivity index (χ4v) is 3.41. The molecule has 1 aromatic heterocycles. The summed E-state index contributed by atoms with van der Waals surface area (Å²) in [5, 5.41) is 5.52. The summed E-state index contributed by atoms with van der Waals surface area (Å²) < 4.78 is 0.887. The number of hydrogen-bond acceptors (Lipinski definition) is 3. The Morgan fingerprint density at radius 1 is 1.38 bits per heavy atom. The van der Waals surface area contributed by atoms with Crippen molar-refractivity contribution < 1.29 is 0 Å². The van der Waals surface area contributed by atoms with Crippen molar-refractivity contribution >= 4 is 40.4 Å². The Morgan fingerprint density at radius 2 is 2.15 bits per heavy atom. The topological polar surface area (TPSA) is 12.0 Å². The van der Waals surface area contributed by atoms with E-state index in [4.69, 9.17) is 11.6 Å². The van der Waals surface area contributed by atoms with Gasteiger partial charge in [-0.15, -0.1) is 11.3 Å². The molecule has 2 rings (SSSR count). The van der Waals surface area contributed by atoms with Crippen molar-refractivity contribution in [2.75, 3.05) is 16.8 Å². The van der Waals surface area contributed by atoms with Gasteiger partial charge >= 0.3 is 0 Å². The average Bonchev–Trinajstić information content (AvgIpc) is 2.54. The van der Waals surface area contributed by atoms with Crippen LogP contribution in [-0.2, 0) is 0 Å². The third-order valence-electron chi connectivity index (χ3n) is 2.20. The molecule has 0 saturated carbocycles. The van der Waals surface area contributed by atoms with Crippen LogP contribution in [0.2, 0.25) is 4.34 Å². The molecule has 1 fully saturated rings. The molecule has 1 aromatic rings. The lowest BCUT2D eigenvalue weighted by atomic mass is 10.1. The van der Waals surface area contributed by atoms with Gasteiger partial charge < -0.3 is 5.32 Å². The minimum atomic E-state index is 0.633. The van der Waals surface area contributed by atoms with Gasteiger partial charge in [0.05, 0.1) is 5.69 Å². The first-order valence-electron chi connectivity index (χ1n) is 4.43. The summed E-state index contributed by atoms with van der Waals surface area (Å²) in [6.45, 7) is 0. The first kappa shape index (κ1) is 9.69. The third-order valence-corrected chi connectivity index (χ3v) is 4.42. The van der Waals surface area contributed by atoms with Crippen molar-refractivity contribution in [1.29, 1.82) is 0 Å². The highest BCUT2D eigenvalue weighted by Gasteiger charge is 2.14. The van der Waals surface area contributed by atoms with Crippen LogP contribution in [0.4, 0.5) is 5.69 Å². The maximum atomic E-state index is 6.01. The first-order valence-corrected chi connectivity index (χ1v) is 6.85. The van der Waals surface area contributed by atoms with Crippen LogP contribution in [-0.4, -0.2) is 17.5 Å². The van der Waals surface area contributed by atoms with Crippen LogP contribution in [0.1, 0.15) is 12.8 Å². The lowest BCUT2D eigenvalue weighted by Gasteiger charge is -2.23. The van der Waals surface area contributed by atoms with E-state index in [1.807, 2.05) is 17.1 Å². The molecule has 0 amide bonds. The summed E-state index contributed by atoms with van der Waals surface area (Å²) in [6, 6.07) is 2.70. The van der Waals surface area contributed by atoms with Gasteiger partial charge in [0, 0.05) is 6.04 Å². The maximum absolute atomic E-state index is 6.01. The third kappa shape index (κ3) is 2.55. The number of rotatable bonds is 2. The Kier molecular flexibility index (Phi) is 3.41. The van der Waals surface area contributed by atoms with Gasteiger partial charge in [-0.25, -0.2) is 0 Å². The Morgan fingerprint density at radius 3 is 2.77 bits per heavy atom. The summed E-state index contributed by atoms with van der Waals surface area (Å²) in [4.78, 5) is 0. The quantitative estimate of drug-likeness (QED) is 0.836. The second-order valence-electron chi connectivity index (χ2n) is 3.14. The normalized spacial score (nSPS) is 18.8. The lowest BCUT2D eigenvalue weighted by Crippen LogP contribution is -2.24. The minimum Gasteiger partial charge on any atom is -0.380 e. The monoisotopic (exact) mass is 233 g/mol. The number of halogens is 1. The van der Waals surface area contributed by atoms with Crippen LogP contribution in [0.25, 0.3) is 0 Å². The van der Waals surface area contributed by atoms with E-state index in [0.717, 1.165) is 10.0 Å². The molecule has 0 spiro atoms. The van der Waals surface area contributed by atoms with Crippen molar-refractivity contribution in [3.05, 3.63) is 15.8 Å². The summed E-state index contributed by atoms with van der Waals surface area (Å²) in [5.41, 5.74) is 1.11. The van der Waals surface area contributed by atoms with E-state index in [-0.39, 0.29) is 0 Å². The van der Waals surface area contributed by atoms with Gasteiger partial charge in [-0.3, -0.25) is 0 Å². The molecule has 0 unspecified atom stereocenters. The summed E-state index contributed by atoms with van der Waals surface area (Å²) >= 11 is 9.65. The molecular formula is C9H12ClNS2. The molecular weight excluding hydrogens is 222 g/mol. The summed E-state index contributed by atoms with van der Waals surface area (Å²) in [7, 11) is 0. The van der Waals surface area contributed by atoms with E-state index in [2.05, 4.69) is 11.4 Å². The molecule has 1 N–H and O–H groups in total. The summed E-state index contributed by atoms with van der Waals surface area (Å²) in [5.74, 6) is 2.55. The fourth-order valence-electron chi connectivity index (χ4n) is 1.46. The Balaban J connectivity index is 1.93. The van der Waals surface area contributed by atoms with Crippen molar-refractivity contribution in [1.82, 2.24) is 0 Å². The van der Waals surface area contributed by atoms with E-state index < -0.39 is 0 Å². The zero-order chi connectivity index (χ0) is 9.10. The van der Waals surface area contributed by atoms with Crippen LogP contribution in [0.5, 0.6) is 0 Å². The fraction of sp³-hybridized carbons (Fsp3) is 0.556. The molecule has 0 aromatic carbocycles. The molecule has 72 valence electrons. The number of hydrogen-bond donors (Lipinski definition) is 1. The van der Waals surface area contributed by atoms with Gasteiger partial charge in [-0.1, -0.05) is 11.6 Å². The Labute approximate surface area is 91.9 Å². The van der Waals surface area contributed by atoms with Crippen molar-refractivity contribution in [2.24, 2.45) is 0 Å². The van der Waals surface area contributed by atoms with Crippen molar-refractivity contribution in [3.63, 3.8) is 0 Å². The molecule has 1 saturated heterocycles. The average molecular weight is 234 g/mol. The zero-order valence-electron chi connectivity index (χ0n) is 7.25. The highest BCUT2D eigenvalue weighted by atomic mass is 35.5. The second kappa shape index (κ2) is 4.58. The van der Waals surface area contributed by atoms with Gasteiger partial charge in [-0.05, 0) is 35.8 Å². The lowest BCUT2D eigenvalue weighted by molar-refractivity contribution is 0.667. The van der Waals surface area contributed by atoms with Crippen molar-refractivity contribution in [2.45, 2.75) is 18.9 Å². The van der Waals surface area contributed by atoms with Crippen LogP contribution in [0.3, 0.4) is 0 Å². The van der Waals surface area contributed by atoms with E-state index >= 15 is 0 Å². The molecule has 0 radical (unpaired) electrons. The Bertz CT molecular complexity index is 268. The maximum Gasteiger partial charge on any atom is 0.116 e. The molecule has 2 heterocycles. The smallest absolute Gasteiger partial charge is 0.116 e. The zero-order valence-corrected chi connectivity index (χ0v) is 9.64. The number of nitrogens with one attached hydrogen (secondary N) is 1. The number of anilines is 1. The van der Waals surface area contributed by atoms with E-state index in [9.17, 15) is 0 Å². The standard InChI is InChI=1S/C9H12ClNS2/c10-9-8(3-6-13-9)11-7-1-4-12-5-2-7/h3,6-7,11H,1-2,4-5H2. The molecule has 1 aliphatic rings. The minimum absolute atomic E-state index is 0.633. The number of thiophene rings is 1. The highest BCUT2D eigenvalue weighted by Crippen LogP contribution is 2.30. The molecule has 13 heavy (non-hydrogen) atoms.